The Morgan fingerprint density at radius 3 is 1.50 bits per heavy atom. The van der Waals surface area contributed by atoms with Gasteiger partial charge >= 0.3 is 0 Å². The van der Waals surface area contributed by atoms with Gasteiger partial charge in [0.25, 0.3) is 0 Å². The Hall–Kier alpha value is -2.08. The normalized spacial score (nSPS) is 14.1. The van der Waals surface area contributed by atoms with Crippen molar-refractivity contribution in [2.24, 2.45) is 0 Å². The van der Waals surface area contributed by atoms with Crippen molar-refractivity contribution < 1.29 is 0 Å². The predicted octanol–water partition coefficient (Wildman–Crippen LogP) is 5.29. The summed E-state index contributed by atoms with van der Waals surface area (Å²) in [6.45, 7) is 4.54. The van der Waals surface area contributed by atoms with Crippen molar-refractivity contribution in [1.82, 2.24) is 0 Å². The van der Waals surface area contributed by atoms with Crippen LogP contribution >= 0.6 is 0 Å². The van der Waals surface area contributed by atoms with E-state index in [2.05, 4.69) is 62.4 Å². The minimum atomic E-state index is 1.14. The fourth-order valence-corrected chi connectivity index (χ4v) is 3.90. The van der Waals surface area contributed by atoms with Crippen molar-refractivity contribution in [1.29, 1.82) is 0 Å². The molecule has 0 saturated heterocycles. The van der Waals surface area contributed by atoms with Gasteiger partial charge in [-0.15, -0.1) is 0 Å². The highest BCUT2D eigenvalue weighted by Gasteiger charge is 2.17. The van der Waals surface area contributed by atoms with Crippen LogP contribution in [0.3, 0.4) is 0 Å². The highest BCUT2D eigenvalue weighted by atomic mass is 14.2. The molecule has 4 aliphatic carbocycles. The fourth-order valence-electron chi connectivity index (χ4n) is 3.90. The lowest BCUT2D eigenvalue weighted by molar-refractivity contribution is 0.937. The molecule has 4 aliphatic rings. The molecule has 0 aliphatic heterocycles. The first-order valence-electron chi connectivity index (χ1n) is 8.31. The summed E-state index contributed by atoms with van der Waals surface area (Å²) in [4.78, 5) is 0. The standard InChI is InChI=1S/C22H22/c1-15-12-18-9-11-20-14-19(10-8-17(15)13-16(18)2)21-6-4-3-5-7-22(20)21/h3-7,12-14H,8-11H2,1-2H3. The minimum Gasteiger partial charge on any atom is -0.0622 e. The summed E-state index contributed by atoms with van der Waals surface area (Å²) in [6.07, 6.45) is 4.56. The van der Waals surface area contributed by atoms with E-state index >= 15 is 0 Å². The molecule has 22 heavy (non-hydrogen) atoms. The van der Waals surface area contributed by atoms with E-state index in [1.54, 1.807) is 0 Å². The number of benzene rings is 1. The van der Waals surface area contributed by atoms with Crippen LogP contribution in [0.2, 0.25) is 0 Å². The Kier molecular flexibility index (Phi) is 3.26. The molecule has 110 valence electrons. The van der Waals surface area contributed by atoms with Crippen LogP contribution in [0.15, 0.2) is 48.5 Å². The lowest BCUT2D eigenvalue weighted by atomic mass is 9.92. The van der Waals surface area contributed by atoms with E-state index in [0.29, 0.717) is 0 Å². The molecule has 0 fully saturated rings. The van der Waals surface area contributed by atoms with Crippen molar-refractivity contribution in [2.45, 2.75) is 39.5 Å². The van der Waals surface area contributed by atoms with Gasteiger partial charge in [0.15, 0.2) is 0 Å². The second kappa shape index (κ2) is 5.28. The van der Waals surface area contributed by atoms with E-state index in [-0.39, 0.29) is 0 Å². The molecule has 1 aromatic carbocycles. The molecule has 0 heteroatoms. The lowest BCUT2D eigenvalue weighted by Crippen LogP contribution is -2.00. The van der Waals surface area contributed by atoms with E-state index in [1.165, 1.54) is 44.5 Å². The molecule has 1 aromatic rings. The van der Waals surface area contributed by atoms with Gasteiger partial charge in [0.2, 0.25) is 0 Å². The van der Waals surface area contributed by atoms with Crippen molar-refractivity contribution in [2.75, 3.05) is 0 Å². The molecule has 0 atom stereocenters. The van der Waals surface area contributed by atoms with Crippen LogP contribution < -0.4 is 0 Å². The summed E-state index contributed by atoms with van der Waals surface area (Å²) >= 11 is 0. The molecule has 0 spiro atoms. The van der Waals surface area contributed by atoms with Crippen LogP contribution in [0.5, 0.6) is 0 Å². The zero-order valence-electron chi connectivity index (χ0n) is 13.4. The molecular weight excluding hydrogens is 264 g/mol. The van der Waals surface area contributed by atoms with Crippen LogP contribution in [0.25, 0.3) is 11.1 Å². The van der Waals surface area contributed by atoms with Crippen molar-refractivity contribution in [3.05, 3.63) is 81.9 Å². The molecule has 0 nitrogen and oxygen atoms in total. The fraction of sp³-hybridized carbons (Fsp3) is 0.273. The van der Waals surface area contributed by atoms with Gasteiger partial charge in [-0.3, -0.25) is 0 Å². The van der Waals surface area contributed by atoms with Crippen molar-refractivity contribution in [3.63, 3.8) is 0 Å². The molecule has 5 rings (SSSR count). The maximum atomic E-state index is 2.46. The third kappa shape index (κ3) is 2.23. The predicted molar refractivity (Wildman–Crippen MR) is 93.8 cm³/mol. The molecule has 0 N–H and O–H groups in total. The van der Waals surface area contributed by atoms with Crippen LogP contribution in [0.4, 0.5) is 0 Å². The number of fused-ring (bicyclic) bond motifs is 5. The van der Waals surface area contributed by atoms with Crippen molar-refractivity contribution in [3.8, 4) is 11.1 Å². The monoisotopic (exact) mass is 286 g/mol. The number of hydrogen-bond acceptors (Lipinski definition) is 0. The largest absolute Gasteiger partial charge is 0.0622 e. The van der Waals surface area contributed by atoms with Crippen LogP contribution in [-0.4, -0.2) is 0 Å². The third-order valence-corrected chi connectivity index (χ3v) is 5.20. The van der Waals surface area contributed by atoms with Crippen molar-refractivity contribution >= 4 is 0 Å². The Morgan fingerprint density at radius 1 is 0.545 bits per heavy atom. The average Bonchev–Trinajstić information content (AvgIpc) is 2.68. The quantitative estimate of drug-likeness (QED) is 0.526. The summed E-state index contributed by atoms with van der Waals surface area (Å²) in [5, 5.41) is 0. The summed E-state index contributed by atoms with van der Waals surface area (Å²) in [5.74, 6) is 0. The van der Waals surface area contributed by atoms with E-state index in [0.717, 1.165) is 25.7 Å². The zero-order valence-corrected chi connectivity index (χ0v) is 13.4. The summed E-state index contributed by atoms with van der Waals surface area (Å²) in [6, 6.07) is 18.4. The topological polar surface area (TPSA) is 0 Å². The minimum absolute atomic E-state index is 1.14. The Morgan fingerprint density at radius 2 is 1.00 bits per heavy atom. The first-order chi connectivity index (χ1) is 10.7. The number of hydrogen-bond donors (Lipinski definition) is 0. The Balaban J connectivity index is 1.87. The molecule has 0 amide bonds. The average molecular weight is 286 g/mol. The van der Waals surface area contributed by atoms with E-state index in [1.807, 2.05) is 0 Å². The first kappa shape index (κ1) is 13.6. The lowest BCUT2D eigenvalue weighted by Gasteiger charge is -2.13. The molecule has 0 aromatic heterocycles. The molecule has 0 radical (unpaired) electrons. The van der Waals surface area contributed by atoms with E-state index in [4.69, 9.17) is 0 Å². The van der Waals surface area contributed by atoms with Crippen LogP contribution in [0, 0.1) is 13.8 Å². The van der Waals surface area contributed by atoms with Gasteiger partial charge < -0.3 is 0 Å². The van der Waals surface area contributed by atoms with Gasteiger partial charge in [0, 0.05) is 0 Å². The van der Waals surface area contributed by atoms with Gasteiger partial charge in [-0.2, -0.15) is 0 Å². The molecule has 4 bridgehead atoms. The number of rotatable bonds is 0. The molecule has 0 heterocycles. The summed E-state index contributed by atoms with van der Waals surface area (Å²) in [5.41, 5.74) is 11.9. The zero-order chi connectivity index (χ0) is 15.1. The second-order valence-corrected chi connectivity index (χ2v) is 6.64. The van der Waals surface area contributed by atoms with Gasteiger partial charge in [-0.05, 0) is 84.0 Å². The number of aryl methyl sites for hydroxylation is 6. The Labute approximate surface area is 133 Å². The second-order valence-electron chi connectivity index (χ2n) is 6.64. The maximum Gasteiger partial charge on any atom is -0.0149 e. The van der Waals surface area contributed by atoms with Crippen LogP contribution in [-0.2, 0) is 25.7 Å². The molecule has 0 saturated carbocycles. The molecule has 0 unspecified atom stereocenters. The van der Waals surface area contributed by atoms with Gasteiger partial charge in [0.05, 0.1) is 0 Å². The summed E-state index contributed by atoms with van der Waals surface area (Å²) in [7, 11) is 0. The maximum absolute atomic E-state index is 2.46. The highest BCUT2D eigenvalue weighted by molar-refractivity contribution is 5.75. The van der Waals surface area contributed by atoms with E-state index in [9.17, 15) is 0 Å². The van der Waals surface area contributed by atoms with Gasteiger partial charge in [-0.25, -0.2) is 0 Å². The highest BCUT2D eigenvalue weighted by Crippen LogP contribution is 2.34. The van der Waals surface area contributed by atoms with Crippen LogP contribution in [0.1, 0.15) is 33.4 Å². The van der Waals surface area contributed by atoms with E-state index < -0.39 is 0 Å². The first-order valence-corrected chi connectivity index (χ1v) is 8.31. The van der Waals surface area contributed by atoms with Gasteiger partial charge in [-0.1, -0.05) is 48.5 Å². The SMILES string of the molecule is Cc1cc2c(C)cc1CCc1cc(c3cccccc1-3)CC2. The summed E-state index contributed by atoms with van der Waals surface area (Å²) < 4.78 is 0. The Bertz CT molecular complexity index is 745. The molecular formula is C22H22. The van der Waals surface area contributed by atoms with Gasteiger partial charge in [0.1, 0.15) is 0 Å². The smallest absolute Gasteiger partial charge is 0.0149 e. The third-order valence-electron chi connectivity index (χ3n) is 5.20.